The zero-order chi connectivity index (χ0) is 15.6. The van der Waals surface area contributed by atoms with Crippen molar-refractivity contribution in [2.75, 3.05) is 6.61 Å². The van der Waals surface area contributed by atoms with E-state index in [9.17, 15) is 13.2 Å². The van der Waals surface area contributed by atoms with Crippen LogP contribution in [0.5, 0.6) is 0 Å². The molecule has 2 nitrogen and oxygen atoms in total. The molecule has 2 aromatic rings. The van der Waals surface area contributed by atoms with Gasteiger partial charge in [0, 0.05) is 0 Å². The van der Waals surface area contributed by atoms with E-state index in [2.05, 4.69) is 0 Å². The summed E-state index contributed by atoms with van der Waals surface area (Å²) in [6.07, 6.45) is -4.56. The predicted molar refractivity (Wildman–Crippen MR) is 75.2 cm³/mol. The molecule has 1 heterocycles. The molecule has 1 fully saturated rings. The molecule has 2 atom stereocenters. The third-order valence-electron chi connectivity index (χ3n) is 3.54. The summed E-state index contributed by atoms with van der Waals surface area (Å²) in [6, 6.07) is 14.9. The van der Waals surface area contributed by atoms with Crippen molar-refractivity contribution in [1.29, 1.82) is 0 Å². The number of epoxide rings is 1. The fraction of sp³-hybridized carbons (Fsp3) is 0.294. The summed E-state index contributed by atoms with van der Waals surface area (Å²) >= 11 is 0. The number of benzene rings is 2. The molecule has 0 unspecified atom stereocenters. The Balaban J connectivity index is 1.48. The molecule has 5 heteroatoms. The fourth-order valence-corrected chi connectivity index (χ4v) is 2.29. The lowest BCUT2D eigenvalue weighted by Crippen LogP contribution is -2.05. The Bertz CT molecular complexity index is 608. The van der Waals surface area contributed by atoms with Crippen molar-refractivity contribution in [2.24, 2.45) is 0 Å². The first-order valence-electron chi connectivity index (χ1n) is 6.98. The second kappa shape index (κ2) is 6.10. The Hall–Kier alpha value is -1.85. The highest BCUT2D eigenvalue weighted by Gasteiger charge is 2.40. The first-order chi connectivity index (χ1) is 10.5. The van der Waals surface area contributed by atoms with Crippen LogP contribution in [0.4, 0.5) is 13.2 Å². The van der Waals surface area contributed by atoms with E-state index in [1.807, 2.05) is 30.3 Å². The predicted octanol–water partition coefficient (Wildman–Crippen LogP) is 4.36. The minimum Gasteiger partial charge on any atom is -0.374 e. The van der Waals surface area contributed by atoms with E-state index >= 15 is 0 Å². The molecule has 2 aromatic carbocycles. The Morgan fingerprint density at radius 1 is 0.955 bits per heavy atom. The van der Waals surface area contributed by atoms with E-state index in [0.717, 1.165) is 23.3 Å². The topological polar surface area (TPSA) is 21.8 Å². The summed E-state index contributed by atoms with van der Waals surface area (Å²) < 4.78 is 48.5. The van der Waals surface area contributed by atoms with Crippen LogP contribution in [0, 0.1) is 0 Å². The van der Waals surface area contributed by atoms with E-state index in [1.54, 1.807) is 0 Å². The zero-order valence-electron chi connectivity index (χ0n) is 11.7. The van der Waals surface area contributed by atoms with Crippen LogP contribution in [0.1, 0.15) is 22.8 Å². The molecule has 116 valence electrons. The minimum atomic E-state index is -4.30. The van der Waals surface area contributed by atoms with Crippen molar-refractivity contribution in [1.82, 2.24) is 0 Å². The van der Waals surface area contributed by atoms with Gasteiger partial charge in [-0.05, 0) is 23.3 Å². The molecule has 0 saturated carbocycles. The molecule has 0 spiro atoms. The number of halogens is 3. The number of alkyl halides is 3. The summed E-state index contributed by atoms with van der Waals surface area (Å²) in [6.45, 7) is 0.932. The van der Waals surface area contributed by atoms with E-state index in [1.165, 1.54) is 12.1 Å². The smallest absolute Gasteiger partial charge is 0.374 e. The number of rotatable bonds is 5. The lowest BCUT2D eigenvalue weighted by molar-refractivity contribution is -0.137. The maximum atomic E-state index is 12.5. The monoisotopic (exact) mass is 308 g/mol. The van der Waals surface area contributed by atoms with Gasteiger partial charge in [-0.15, -0.1) is 0 Å². The van der Waals surface area contributed by atoms with Gasteiger partial charge in [-0.3, -0.25) is 0 Å². The fourth-order valence-electron chi connectivity index (χ4n) is 2.29. The number of hydrogen-bond acceptors (Lipinski definition) is 2. The molecule has 1 aliphatic heterocycles. The molecule has 0 aromatic heterocycles. The largest absolute Gasteiger partial charge is 0.416 e. The highest BCUT2D eigenvalue weighted by Crippen LogP contribution is 2.40. The van der Waals surface area contributed by atoms with Crippen LogP contribution < -0.4 is 0 Å². The van der Waals surface area contributed by atoms with Crippen molar-refractivity contribution in [2.45, 2.75) is 25.0 Å². The Labute approximate surface area is 126 Å². The molecule has 22 heavy (non-hydrogen) atoms. The Morgan fingerprint density at radius 3 is 2.27 bits per heavy atom. The van der Waals surface area contributed by atoms with Gasteiger partial charge in [0.15, 0.2) is 0 Å². The molecular weight excluding hydrogens is 293 g/mol. The van der Waals surface area contributed by atoms with Crippen LogP contribution in [0.3, 0.4) is 0 Å². The minimum absolute atomic E-state index is 0.0829. The van der Waals surface area contributed by atoms with Crippen LogP contribution >= 0.6 is 0 Å². The van der Waals surface area contributed by atoms with Crippen molar-refractivity contribution in [3.63, 3.8) is 0 Å². The van der Waals surface area contributed by atoms with Gasteiger partial charge in [0.1, 0.15) is 12.2 Å². The lowest BCUT2D eigenvalue weighted by Gasteiger charge is -2.06. The maximum Gasteiger partial charge on any atom is 0.416 e. The number of hydrogen-bond donors (Lipinski definition) is 0. The Morgan fingerprint density at radius 2 is 1.64 bits per heavy atom. The van der Waals surface area contributed by atoms with E-state index < -0.39 is 11.7 Å². The number of ether oxygens (including phenoxy) is 2. The van der Waals surface area contributed by atoms with Crippen LogP contribution in [-0.4, -0.2) is 12.7 Å². The van der Waals surface area contributed by atoms with Crippen LogP contribution in [0.25, 0.3) is 0 Å². The van der Waals surface area contributed by atoms with Gasteiger partial charge in [-0.1, -0.05) is 42.5 Å². The molecule has 0 radical (unpaired) electrons. The second-order valence-electron chi connectivity index (χ2n) is 5.22. The lowest BCUT2D eigenvalue weighted by atomic mass is 10.1. The molecule has 0 N–H and O–H groups in total. The summed E-state index contributed by atoms with van der Waals surface area (Å²) in [7, 11) is 0. The molecule has 0 aliphatic carbocycles. The van der Waals surface area contributed by atoms with Crippen LogP contribution in [0.15, 0.2) is 54.6 Å². The van der Waals surface area contributed by atoms with Crippen molar-refractivity contribution >= 4 is 0 Å². The molecule has 0 amide bonds. The van der Waals surface area contributed by atoms with Gasteiger partial charge < -0.3 is 9.47 Å². The molecule has 0 bridgehead atoms. The average Bonchev–Trinajstić information content (AvgIpc) is 3.27. The first-order valence-corrected chi connectivity index (χ1v) is 6.98. The van der Waals surface area contributed by atoms with Crippen molar-refractivity contribution < 1.29 is 22.6 Å². The van der Waals surface area contributed by atoms with Crippen molar-refractivity contribution in [3.8, 4) is 0 Å². The highest BCUT2D eigenvalue weighted by atomic mass is 19.4. The van der Waals surface area contributed by atoms with Gasteiger partial charge in [-0.25, -0.2) is 0 Å². The average molecular weight is 308 g/mol. The van der Waals surface area contributed by atoms with E-state index in [-0.39, 0.29) is 12.2 Å². The van der Waals surface area contributed by atoms with Gasteiger partial charge in [-0.2, -0.15) is 13.2 Å². The van der Waals surface area contributed by atoms with Gasteiger partial charge >= 0.3 is 6.18 Å². The van der Waals surface area contributed by atoms with E-state index in [4.69, 9.17) is 9.47 Å². The summed E-state index contributed by atoms with van der Waals surface area (Å²) in [5.41, 5.74) is 1.18. The zero-order valence-corrected chi connectivity index (χ0v) is 11.7. The third kappa shape index (κ3) is 3.67. The summed E-state index contributed by atoms with van der Waals surface area (Å²) in [5, 5.41) is 0. The van der Waals surface area contributed by atoms with Crippen LogP contribution in [-0.2, 0) is 22.3 Å². The second-order valence-corrected chi connectivity index (χ2v) is 5.22. The highest BCUT2D eigenvalue weighted by molar-refractivity contribution is 5.28. The van der Waals surface area contributed by atoms with Gasteiger partial charge in [0.25, 0.3) is 0 Å². The normalized spacial score (nSPS) is 20.9. The summed E-state index contributed by atoms with van der Waals surface area (Å²) in [5.74, 6) is 0. The molecule has 1 saturated heterocycles. The van der Waals surface area contributed by atoms with Crippen LogP contribution in [0.2, 0.25) is 0 Å². The van der Waals surface area contributed by atoms with Gasteiger partial charge in [0.2, 0.25) is 0 Å². The Kier molecular flexibility index (Phi) is 4.18. The quantitative estimate of drug-likeness (QED) is 0.765. The van der Waals surface area contributed by atoms with E-state index in [0.29, 0.717) is 13.2 Å². The first kappa shape index (κ1) is 15.1. The molecular formula is C17H15F3O2. The molecule has 3 rings (SSSR count). The SMILES string of the molecule is FC(F)(F)c1ccc([C@@H]2O[C@H]2COCc2ccccc2)cc1. The van der Waals surface area contributed by atoms with Crippen molar-refractivity contribution in [3.05, 3.63) is 71.3 Å². The molecule has 1 aliphatic rings. The summed E-state index contributed by atoms with van der Waals surface area (Å²) in [4.78, 5) is 0. The van der Waals surface area contributed by atoms with Gasteiger partial charge in [0.05, 0.1) is 18.8 Å². The maximum absolute atomic E-state index is 12.5. The standard InChI is InChI=1S/C17H15F3O2/c18-17(19,20)14-8-6-13(7-9-14)16-15(22-16)11-21-10-12-4-2-1-3-5-12/h1-9,15-16H,10-11H2/t15-,16-/m0/s1. The third-order valence-corrected chi connectivity index (χ3v) is 3.54.